The van der Waals surface area contributed by atoms with Gasteiger partial charge in [0.2, 0.25) is 0 Å². The van der Waals surface area contributed by atoms with Crippen LogP contribution < -0.4 is 10.1 Å². The van der Waals surface area contributed by atoms with E-state index in [2.05, 4.69) is 5.32 Å². The summed E-state index contributed by atoms with van der Waals surface area (Å²) in [6.07, 6.45) is 0.795. The zero-order valence-corrected chi connectivity index (χ0v) is 14.0. The van der Waals surface area contributed by atoms with Gasteiger partial charge in [0.05, 0.1) is 13.2 Å². The number of benzene rings is 2. The summed E-state index contributed by atoms with van der Waals surface area (Å²) < 4.78 is 5.14. The number of amides is 2. The molecule has 4 heteroatoms. The Bertz CT molecular complexity index is 611. The van der Waals surface area contributed by atoms with Gasteiger partial charge in [0.25, 0.3) is 0 Å². The minimum atomic E-state index is -0.0603. The van der Waals surface area contributed by atoms with Crippen molar-refractivity contribution >= 4 is 6.03 Å². The predicted molar refractivity (Wildman–Crippen MR) is 92.7 cm³/mol. The van der Waals surface area contributed by atoms with Crippen LogP contribution in [0.15, 0.2) is 54.6 Å². The SMILES string of the molecule is COc1ccc(CCNC(=O)N(C)C(C)c2ccccc2)cc1. The van der Waals surface area contributed by atoms with Crippen LogP contribution in [0.2, 0.25) is 0 Å². The molecule has 0 aliphatic rings. The van der Waals surface area contributed by atoms with Gasteiger partial charge in [0.1, 0.15) is 5.75 Å². The molecule has 1 N–H and O–H groups in total. The Balaban J connectivity index is 1.81. The van der Waals surface area contributed by atoms with Crippen molar-refractivity contribution in [1.82, 2.24) is 10.2 Å². The molecular weight excluding hydrogens is 288 g/mol. The van der Waals surface area contributed by atoms with Crippen molar-refractivity contribution in [2.24, 2.45) is 0 Å². The topological polar surface area (TPSA) is 41.6 Å². The second-order valence-corrected chi connectivity index (χ2v) is 5.53. The van der Waals surface area contributed by atoms with Crippen LogP contribution in [0.3, 0.4) is 0 Å². The first-order chi connectivity index (χ1) is 11.1. The molecule has 0 radical (unpaired) electrons. The average Bonchev–Trinajstić information content (AvgIpc) is 2.61. The molecule has 0 heterocycles. The minimum Gasteiger partial charge on any atom is -0.497 e. The third kappa shape index (κ3) is 4.74. The van der Waals surface area contributed by atoms with Crippen molar-refractivity contribution in [2.75, 3.05) is 20.7 Å². The van der Waals surface area contributed by atoms with E-state index in [1.807, 2.05) is 68.6 Å². The van der Waals surface area contributed by atoms with Gasteiger partial charge in [0, 0.05) is 13.6 Å². The Labute approximate surface area is 138 Å². The molecule has 2 amide bonds. The first kappa shape index (κ1) is 16.9. The van der Waals surface area contributed by atoms with Gasteiger partial charge in [-0.3, -0.25) is 0 Å². The van der Waals surface area contributed by atoms with Crippen molar-refractivity contribution in [3.8, 4) is 5.75 Å². The zero-order chi connectivity index (χ0) is 16.7. The molecule has 0 fully saturated rings. The molecule has 1 atom stereocenters. The summed E-state index contributed by atoms with van der Waals surface area (Å²) in [7, 11) is 3.47. The van der Waals surface area contributed by atoms with Crippen LogP contribution in [-0.4, -0.2) is 31.6 Å². The Kier molecular flexibility index (Phi) is 6.03. The lowest BCUT2D eigenvalue weighted by Gasteiger charge is -2.25. The van der Waals surface area contributed by atoms with Gasteiger partial charge in [-0.1, -0.05) is 42.5 Å². The van der Waals surface area contributed by atoms with Crippen LogP contribution in [0.5, 0.6) is 5.75 Å². The lowest BCUT2D eigenvalue weighted by Crippen LogP contribution is -2.39. The standard InChI is InChI=1S/C19H24N2O2/c1-15(17-7-5-4-6-8-17)21(2)19(22)20-14-13-16-9-11-18(23-3)12-10-16/h4-12,15H,13-14H2,1-3H3,(H,20,22). The zero-order valence-electron chi connectivity index (χ0n) is 14.0. The molecule has 2 rings (SSSR count). The van der Waals surface area contributed by atoms with Gasteiger partial charge in [0.15, 0.2) is 0 Å². The van der Waals surface area contributed by atoms with Gasteiger partial charge in [-0.2, -0.15) is 0 Å². The predicted octanol–water partition coefficient (Wildman–Crippen LogP) is 3.64. The highest BCUT2D eigenvalue weighted by Crippen LogP contribution is 2.18. The number of hydrogen-bond acceptors (Lipinski definition) is 2. The number of carbonyl (C=O) groups excluding carboxylic acids is 1. The highest BCUT2D eigenvalue weighted by atomic mass is 16.5. The molecule has 0 saturated carbocycles. The summed E-state index contributed by atoms with van der Waals surface area (Å²) >= 11 is 0. The van der Waals surface area contributed by atoms with Crippen molar-refractivity contribution in [3.05, 3.63) is 65.7 Å². The van der Waals surface area contributed by atoms with Gasteiger partial charge < -0.3 is 15.0 Å². The van der Waals surface area contributed by atoms with Gasteiger partial charge in [-0.05, 0) is 36.6 Å². The van der Waals surface area contributed by atoms with Crippen LogP contribution in [-0.2, 0) is 6.42 Å². The molecule has 0 aromatic heterocycles. The Morgan fingerprint density at radius 3 is 2.39 bits per heavy atom. The summed E-state index contributed by atoms with van der Waals surface area (Å²) in [6, 6.07) is 17.9. The Hall–Kier alpha value is -2.49. The fraction of sp³-hybridized carbons (Fsp3) is 0.316. The molecule has 0 spiro atoms. The maximum atomic E-state index is 12.2. The van der Waals surface area contributed by atoms with Gasteiger partial charge in [-0.25, -0.2) is 4.79 Å². The van der Waals surface area contributed by atoms with E-state index in [1.54, 1.807) is 12.0 Å². The second kappa shape index (κ2) is 8.22. The van der Waals surface area contributed by atoms with E-state index >= 15 is 0 Å². The number of carbonyl (C=O) groups is 1. The highest BCUT2D eigenvalue weighted by molar-refractivity contribution is 5.74. The van der Waals surface area contributed by atoms with E-state index in [1.165, 1.54) is 5.56 Å². The lowest BCUT2D eigenvalue weighted by molar-refractivity contribution is 0.194. The normalized spacial score (nSPS) is 11.6. The van der Waals surface area contributed by atoms with Crippen LogP contribution in [0, 0.1) is 0 Å². The van der Waals surface area contributed by atoms with Crippen LogP contribution in [0.25, 0.3) is 0 Å². The number of urea groups is 1. The van der Waals surface area contributed by atoms with Gasteiger partial charge >= 0.3 is 6.03 Å². The van der Waals surface area contributed by atoms with Gasteiger partial charge in [-0.15, -0.1) is 0 Å². The average molecular weight is 312 g/mol. The van der Waals surface area contributed by atoms with Crippen molar-refractivity contribution in [1.29, 1.82) is 0 Å². The van der Waals surface area contributed by atoms with E-state index < -0.39 is 0 Å². The maximum absolute atomic E-state index is 12.2. The third-order valence-corrected chi connectivity index (χ3v) is 4.03. The van der Waals surface area contributed by atoms with Crippen molar-refractivity contribution in [3.63, 3.8) is 0 Å². The first-order valence-corrected chi connectivity index (χ1v) is 7.80. The molecule has 122 valence electrons. The Morgan fingerprint density at radius 2 is 1.78 bits per heavy atom. The first-order valence-electron chi connectivity index (χ1n) is 7.80. The van der Waals surface area contributed by atoms with E-state index in [-0.39, 0.29) is 12.1 Å². The van der Waals surface area contributed by atoms with Crippen molar-refractivity contribution in [2.45, 2.75) is 19.4 Å². The molecule has 0 bridgehead atoms. The fourth-order valence-corrected chi connectivity index (χ4v) is 2.36. The minimum absolute atomic E-state index is 0.0391. The molecule has 23 heavy (non-hydrogen) atoms. The van der Waals surface area contributed by atoms with E-state index in [0.29, 0.717) is 6.54 Å². The molecular formula is C19H24N2O2. The summed E-state index contributed by atoms with van der Waals surface area (Å²) in [4.78, 5) is 14.0. The number of nitrogens with zero attached hydrogens (tertiary/aromatic N) is 1. The molecule has 4 nitrogen and oxygen atoms in total. The van der Waals surface area contributed by atoms with E-state index in [0.717, 1.165) is 17.7 Å². The van der Waals surface area contributed by atoms with E-state index in [4.69, 9.17) is 4.74 Å². The van der Waals surface area contributed by atoms with Crippen LogP contribution in [0.1, 0.15) is 24.1 Å². The second-order valence-electron chi connectivity index (χ2n) is 5.53. The number of nitrogens with one attached hydrogen (secondary N) is 1. The molecule has 0 saturated heterocycles. The number of rotatable bonds is 6. The number of hydrogen-bond donors (Lipinski definition) is 1. The molecule has 2 aromatic carbocycles. The number of ether oxygens (including phenoxy) is 1. The smallest absolute Gasteiger partial charge is 0.317 e. The molecule has 0 aliphatic carbocycles. The fourth-order valence-electron chi connectivity index (χ4n) is 2.36. The quantitative estimate of drug-likeness (QED) is 0.885. The number of methoxy groups -OCH3 is 1. The van der Waals surface area contributed by atoms with Crippen LogP contribution >= 0.6 is 0 Å². The van der Waals surface area contributed by atoms with E-state index in [9.17, 15) is 4.79 Å². The Morgan fingerprint density at radius 1 is 1.13 bits per heavy atom. The molecule has 1 unspecified atom stereocenters. The summed E-state index contributed by atoms with van der Waals surface area (Å²) in [5.74, 6) is 0.842. The summed E-state index contributed by atoms with van der Waals surface area (Å²) in [6.45, 7) is 2.63. The maximum Gasteiger partial charge on any atom is 0.317 e. The molecule has 0 aliphatic heterocycles. The summed E-state index contributed by atoms with van der Waals surface area (Å²) in [5.41, 5.74) is 2.30. The largest absolute Gasteiger partial charge is 0.497 e. The lowest BCUT2D eigenvalue weighted by atomic mass is 10.1. The summed E-state index contributed by atoms with van der Waals surface area (Å²) in [5, 5.41) is 2.97. The van der Waals surface area contributed by atoms with Crippen LogP contribution in [0.4, 0.5) is 4.79 Å². The monoisotopic (exact) mass is 312 g/mol. The highest BCUT2D eigenvalue weighted by Gasteiger charge is 2.16. The third-order valence-electron chi connectivity index (χ3n) is 4.03. The molecule has 2 aromatic rings. The van der Waals surface area contributed by atoms with Crippen molar-refractivity contribution < 1.29 is 9.53 Å².